The van der Waals surface area contributed by atoms with Crippen LogP contribution >= 0.6 is 11.6 Å². The van der Waals surface area contributed by atoms with Crippen molar-refractivity contribution in [2.24, 2.45) is 5.41 Å². The molecule has 0 aromatic carbocycles. The number of aromatic nitrogens is 2. The third kappa shape index (κ3) is 3.23. The molecule has 0 amide bonds. The van der Waals surface area contributed by atoms with Gasteiger partial charge < -0.3 is 9.64 Å². The Bertz CT molecular complexity index is 482. The van der Waals surface area contributed by atoms with Crippen LogP contribution in [0.3, 0.4) is 0 Å². The van der Waals surface area contributed by atoms with Gasteiger partial charge in [-0.2, -0.15) is 0 Å². The molecule has 1 aliphatic carbocycles. The first-order valence-corrected chi connectivity index (χ1v) is 7.79. The van der Waals surface area contributed by atoms with E-state index in [1.807, 2.05) is 6.92 Å². The third-order valence-electron chi connectivity index (χ3n) is 4.43. The van der Waals surface area contributed by atoms with E-state index < -0.39 is 0 Å². The van der Waals surface area contributed by atoms with Gasteiger partial charge in [0.1, 0.15) is 5.82 Å². The number of piperidine rings is 1. The van der Waals surface area contributed by atoms with Gasteiger partial charge in [-0.25, -0.2) is 9.97 Å². The molecule has 0 unspecified atom stereocenters. The molecule has 110 valence electrons. The Labute approximate surface area is 125 Å². The van der Waals surface area contributed by atoms with Crippen molar-refractivity contribution < 1.29 is 4.74 Å². The fourth-order valence-electron chi connectivity index (χ4n) is 2.64. The Kier molecular flexibility index (Phi) is 3.87. The molecule has 2 aliphatic rings. The second-order valence-electron chi connectivity index (χ2n) is 6.45. The van der Waals surface area contributed by atoms with E-state index in [4.69, 9.17) is 16.3 Å². The average Bonchev–Trinajstić information content (AvgIpc) is 3.18. The maximum absolute atomic E-state index is 6.06. The summed E-state index contributed by atoms with van der Waals surface area (Å²) in [6.45, 7) is 7.23. The molecule has 5 heteroatoms. The summed E-state index contributed by atoms with van der Waals surface area (Å²) < 4.78 is 6.06. The molecule has 4 nitrogen and oxygen atoms in total. The second-order valence-corrected chi connectivity index (χ2v) is 6.79. The zero-order valence-corrected chi connectivity index (χ0v) is 13.0. The zero-order valence-electron chi connectivity index (χ0n) is 12.2. The molecule has 1 aromatic rings. The predicted molar refractivity (Wildman–Crippen MR) is 80.3 cm³/mol. The number of rotatable bonds is 4. The Morgan fingerprint density at radius 1 is 1.40 bits per heavy atom. The molecule has 0 atom stereocenters. The Morgan fingerprint density at radius 3 is 2.75 bits per heavy atom. The number of hydrogen-bond donors (Lipinski definition) is 0. The maximum Gasteiger partial charge on any atom is 0.224 e. The van der Waals surface area contributed by atoms with E-state index in [-0.39, 0.29) is 0 Å². The smallest absolute Gasteiger partial charge is 0.224 e. The van der Waals surface area contributed by atoms with Gasteiger partial charge in [-0.3, -0.25) is 0 Å². The molecule has 2 heterocycles. The molecule has 0 bridgehead atoms. The van der Waals surface area contributed by atoms with Crippen LogP contribution in [0.1, 0.15) is 38.2 Å². The molecule has 1 saturated carbocycles. The highest BCUT2D eigenvalue weighted by Gasteiger charge is 2.38. The lowest BCUT2D eigenvalue weighted by atomic mass is 10.1. The first-order valence-electron chi connectivity index (χ1n) is 7.41. The number of nitrogens with zero attached hydrogens (tertiary/aromatic N) is 3. The summed E-state index contributed by atoms with van der Waals surface area (Å²) in [5, 5.41) is 0.325. The predicted octanol–water partition coefficient (Wildman–Crippen LogP) is 3.22. The van der Waals surface area contributed by atoms with Crippen LogP contribution in [-0.4, -0.2) is 35.8 Å². The summed E-state index contributed by atoms with van der Waals surface area (Å²) in [6.07, 6.45) is 6.98. The highest BCUT2D eigenvalue weighted by Crippen LogP contribution is 2.45. The van der Waals surface area contributed by atoms with Crippen molar-refractivity contribution in [3.8, 4) is 0 Å². The van der Waals surface area contributed by atoms with Crippen LogP contribution in [0.2, 0.25) is 5.28 Å². The van der Waals surface area contributed by atoms with Crippen molar-refractivity contribution in [2.75, 3.05) is 24.6 Å². The molecule has 0 N–H and O–H groups in total. The lowest BCUT2D eigenvalue weighted by molar-refractivity contribution is 0.0127. The van der Waals surface area contributed by atoms with Gasteiger partial charge in [0.2, 0.25) is 5.28 Å². The number of halogens is 1. The van der Waals surface area contributed by atoms with Crippen molar-refractivity contribution in [3.05, 3.63) is 17.0 Å². The quantitative estimate of drug-likeness (QED) is 0.800. The fourth-order valence-corrected chi connectivity index (χ4v) is 2.77. The van der Waals surface area contributed by atoms with Crippen molar-refractivity contribution in [3.63, 3.8) is 0 Å². The molecular weight excluding hydrogens is 274 g/mol. The lowest BCUT2D eigenvalue weighted by Gasteiger charge is -2.33. The Morgan fingerprint density at radius 2 is 2.10 bits per heavy atom. The normalized spacial score (nSPS) is 22.1. The van der Waals surface area contributed by atoms with Gasteiger partial charge in [0, 0.05) is 24.8 Å². The average molecular weight is 296 g/mol. The topological polar surface area (TPSA) is 38.2 Å². The van der Waals surface area contributed by atoms with Gasteiger partial charge in [0.25, 0.3) is 0 Å². The Hall–Kier alpha value is -0.870. The molecule has 1 saturated heterocycles. The van der Waals surface area contributed by atoms with Crippen LogP contribution in [0, 0.1) is 12.3 Å². The monoisotopic (exact) mass is 295 g/mol. The largest absolute Gasteiger partial charge is 0.378 e. The van der Waals surface area contributed by atoms with Crippen LogP contribution in [-0.2, 0) is 4.74 Å². The van der Waals surface area contributed by atoms with Crippen molar-refractivity contribution in [2.45, 2.75) is 45.6 Å². The molecule has 0 spiro atoms. The molecule has 1 aliphatic heterocycles. The molecule has 1 aromatic heterocycles. The fraction of sp³-hybridized carbons (Fsp3) is 0.733. The minimum Gasteiger partial charge on any atom is -0.378 e. The minimum atomic E-state index is 0.325. The van der Waals surface area contributed by atoms with Crippen LogP contribution in [0.5, 0.6) is 0 Å². The number of anilines is 1. The highest BCUT2D eigenvalue weighted by molar-refractivity contribution is 6.28. The van der Waals surface area contributed by atoms with E-state index in [0.717, 1.165) is 43.9 Å². The molecule has 20 heavy (non-hydrogen) atoms. The standard InChI is InChI=1S/C15H22ClN3O/c1-11-9-17-14(16)18-13(11)19-7-3-12(4-8-19)20-10-15(2)5-6-15/h9,12H,3-8,10H2,1-2H3. The number of hydrogen-bond acceptors (Lipinski definition) is 4. The van der Waals surface area contributed by atoms with Gasteiger partial charge in [0.15, 0.2) is 0 Å². The first kappa shape index (κ1) is 14.1. The Balaban J connectivity index is 1.54. The number of aryl methyl sites for hydroxylation is 1. The SMILES string of the molecule is Cc1cnc(Cl)nc1N1CCC(OCC2(C)CC2)CC1. The van der Waals surface area contributed by atoms with E-state index >= 15 is 0 Å². The van der Waals surface area contributed by atoms with Gasteiger partial charge in [-0.1, -0.05) is 6.92 Å². The minimum absolute atomic E-state index is 0.325. The van der Waals surface area contributed by atoms with Gasteiger partial charge in [-0.05, 0) is 49.6 Å². The zero-order chi connectivity index (χ0) is 14.2. The summed E-state index contributed by atoms with van der Waals surface area (Å²) >= 11 is 5.90. The summed E-state index contributed by atoms with van der Waals surface area (Å²) in [6, 6.07) is 0. The highest BCUT2D eigenvalue weighted by atomic mass is 35.5. The van der Waals surface area contributed by atoms with E-state index in [1.165, 1.54) is 12.8 Å². The summed E-state index contributed by atoms with van der Waals surface area (Å²) in [7, 11) is 0. The molecule has 2 fully saturated rings. The lowest BCUT2D eigenvalue weighted by Crippen LogP contribution is -2.38. The van der Waals surface area contributed by atoms with Gasteiger partial charge in [-0.15, -0.1) is 0 Å². The van der Waals surface area contributed by atoms with Crippen molar-refractivity contribution in [1.29, 1.82) is 0 Å². The summed E-state index contributed by atoms with van der Waals surface area (Å²) in [5.41, 5.74) is 1.56. The van der Waals surface area contributed by atoms with Gasteiger partial charge >= 0.3 is 0 Å². The van der Waals surface area contributed by atoms with E-state index in [2.05, 4.69) is 21.8 Å². The molecule has 0 radical (unpaired) electrons. The van der Waals surface area contributed by atoms with E-state index in [0.29, 0.717) is 16.8 Å². The van der Waals surface area contributed by atoms with Crippen molar-refractivity contribution in [1.82, 2.24) is 9.97 Å². The van der Waals surface area contributed by atoms with Crippen LogP contribution in [0.25, 0.3) is 0 Å². The number of ether oxygens (including phenoxy) is 1. The molecular formula is C15H22ClN3O. The summed E-state index contributed by atoms with van der Waals surface area (Å²) in [4.78, 5) is 10.7. The van der Waals surface area contributed by atoms with Crippen molar-refractivity contribution >= 4 is 17.4 Å². The van der Waals surface area contributed by atoms with E-state index in [1.54, 1.807) is 6.20 Å². The van der Waals surface area contributed by atoms with E-state index in [9.17, 15) is 0 Å². The van der Waals surface area contributed by atoms with Gasteiger partial charge in [0.05, 0.1) is 12.7 Å². The maximum atomic E-state index is 6.06. The molecule has 3 rings (SSSR count). The summed E-state index contributed by atoms with van der Waals surface area (Å²) in [5.74, 6) is 0.970. The second kappa shape index (κ2) is 5.49. The van der Waals surface area contributed by atoms with Crippen LogP contribution < -0.4 is 4.90 Å². The van der Waals surface area contributed by atoms with Crippen LogP contribution in [0.4, 0.5) is 5.82 Å². The first-order chi connectivity index (χ1) is 9.56. The van der Waals surface area contributed by atoms with Crippen LogP contribution in [0.15, 0.2) is 6.20 Å². The third-order valence-corrected chi connectivity index (χ3v) is 4.61.